The lowest BCUT2D eigenvalue weighted by Gasteiger charge is -2.21. The molecular weight excluding hydrogens is 254 g/mol. The fourth-order valence-corrected chi connectivity index (χ4v) is 3.12. The molecule has 0 amide bonds. The summed E-state index contributed by atoms with van der Waals surface area (Å²) in [5, 5.41) is 5.78. The summed E-state index contributed by atoms with van der Waals surface area (Å²) in [6, 6.07) is 12.9. The van der Waals surface area contributed by atoms with E-state index in [0.29, 0.717) is 12.0 Å². The Morgan fingerprint density at radius 1 is 1.21 bits per heavy atom. The first-order valence-corrected chi connectivity index (χ1v) is 7.48. The molecule has 1 aromatic carbocycles. The van der Waals surface area contributed by atoms with E-state index in [-0.39, 0.29) is 0 Å². The van der Waals surface area contributed by atoms with Crippen LogP contribution < -0.4 is 10.1 Å². The summed E-state index contributed by atoms with van der Waals surface area (Å²) in [4.78, 5) is 1.40. The van der Waals surface area contributed by atoms with E-state index in [1.54, 1.807) is 7.11 Å². The molecule has 1 atom stereocenters. The van der Waals surface area contributed by atoms with Crippen LogP contribution >= 0.6 is 11.3 Å². The summed E-state index contributed by atoms with van der Waals surface area (Å²) in [6.45, 7) is 5.36. The SMILES string of the molecule is COc1cccc(CNC(c2cccs2)C(C)C)c1. The molecule has 0 fully saturated rings. The number of ether oxygens (including phenoxy) is 1. The van der Waals surface area contributed by atoms with Gasteiger partial charge in [0.2, 0.25) is 0 Å². The molecule has 2 nitrogen and oxygen atoms in total. The van der Waals surface area contributed by atoms with Crippen molar-refractivity contribution in [1.82, 2.24) is 5.32 Å². The van der Waals surface area contributed by atoms with Crippen molar-refractivity contribution in [1.29, 1.82) is 0 Å². The number of thiophene rings is 1. The van der Waals surface area contributed by atoms with Crippen molar-refractivity contribution in [2.75, 3.05) is 7.11 Å². The second-order valence-electron chi connectivity index (χ2n) is 4.97. The summed E-state index contributed by atoms with van der Waals surface area (Å²) in [5.41, 5.74) is 1.25. The fourth-order valence-electron chi connectivity index (χ4n) is 2.14. The summed E-state index contributed by atoms with van der Waals surface area (Å²) < 4.78 is 5.26. The molecule has 0 radical (unpaired) electrons. The van der Waals surface area contributed by atoms with E-state index in [1.165, 1.54) is 10.4 Å². The first-order valence-electron chi connectivity index (χ1n) is 6.60. The van der Waals surface area contributed by atoms with Crippen molar-refractivity contribution in [2.45, 2.75) is 26.4 Å². The maximum atomic E-state index is 5.26. The molecule has 1 unspecified atom stereocenters. The molecule has 0 spiro atoms. The molecule has 102 valence electrons. The predicted octanol–water partition coefficient (Wildman–Crippen LogP) is 4.24. The number of hydrogen-bond donors (Lipinski definition) is 1. The molecule has 2 rings (SSSR count). The molecule has 0 saturated heterocycles. The third-order valence-electron chi connectivity index (χ3n) is 3.18. The van der Waals surface area contributed by atoms with Gasteiger partial charge >= 0.3 is 0 Å². The van der Waals surface area contributed by atoms with Gasteiger partial charge in [-0.1, -0.05) is 32.0 Å². The van der Waals surface area contributed by atoms with Crippen LogP contribution in [0.15, 0.2) is 41.8 Å². The first kappa shape index (κ1) is 14.1. The summed E-state index contributed by atoms with van der Waals surface area (Å²) >= 11 is 1.81. The number of nitrogens with one attached hydrogen (secondary N) is 1. The van der Waals surface area contributed by atoms with Crippen molar-refractivity contribution < 1.29 is 4.74 Å². The van der Waals surface area contributed by atoms with E-state index >= 15 is 0 Å². The minimum Gasteiger partial charge on any atom is -0.497 e. The smallest absolute Gasteiger partial charge is 0.119 e. The van der Waals surface area contributed by atoms with Crippen molar-refractivity contribution in [3.8, 4) is 5.75 Å². The average molecular weight is 275 g/mol. The van der Waals surface area contributed by atoms with Gasteiger partial charge in [0.05, 0.1) is 7.11 Å². The molecular formula is C16H21NOS. The van der Waals surface area contributed by atoms with Crippen LogP contribution in [0.1, 0.15) is 30.3 Å². The Kier molecular flexibility index (Phi) is 5.00. The third-order valence-corrected chi connectivity index (χ3v) is 4.13. The van der Waals surface area contributed by atoms with Crippen molar-refractivity contribution >= 4 is 11.3 Å². The zero-order valence-electron chi connectivity index (χ0n) is 11.7. The summed E-state index contributed by atoms with van der Waals surface area (Å²) in [6.07, 6.45) is 0. The van der Waals surface area contributed by atoms with E-state index in [2.05, 4.69) is 48.8 Å². The second-order valence-corrected chi connectivity index (χ2v) is 5.95. The van der Waals surface area contributed by atoms with Gasteiger partial charge in [-0.15, -0.1) is 11.3 Å². The van der Waals surface area contributed by atoms with Gasteiger partial charge < -0.3 is 10.1 Å². The van der Waals surface area contributed by atoms with Crippen LogP contribution in [-0.2, 0) is 6.54 Å². The molecule has 1 aromatic heterocycles. The van der Waals surface area contributed by atoms with Crippen LogP contribution in [0.25, 0.3) is 0 Å². The lowest BCUT2D eigenvalue weighted by Crippen LogP contribution is -2.24. The normalized spacial score (nSPS) is 12.6. The summed E-state index contributed by atoms with van der Waals surface area (Å²) in [5.74, 6) is 1.49. The highest BCUT2D eigenvalue weighted by atomic mass is 32.1. The minimum atomic E-state index is 0.409. The lowest BCUT2D eigenvalue weighted by atomic mass is 10.0. The number of methoxy groups -OCH3 is 1. The highest BCUT2D eigenvalue weighted by Crippen LogP contribution is 2.26. The van der Waals surface area contributed by atoms with Crippen LogP contribution in [0.2, 0.25) is 0 Å². The molecule has 0 saturated carbocycles. The summed E-state index contributed by atoms with van der Waals surface area (Å²) in [7, 11) is 1.70. The Morgan fingerprint density at radius 2 is 2.05 bits per heavy atom. The Balaban J connectivity index is 2.02. The van der Waals surface area contributed by atoms with Gasteiger partial charge in [0.15, 0.2) is 0 Å². The largest absolute Gasteiger partial charge is 0.497 e. The third kappa shape index (κ3) is 3.82. The van der Waals surface area contributed by atoms with Gasteiger partial charge in [-0.3, -0.25) is 0 Å². The van der Waals surface area contributed by atoms with Crippen molar-refractivity contribution in [2.24, 2.45) is 5.92 Å². The van der Waals surface area contributed by atoms with Gasteiger partial charge in [0, 0.05) is 17.5 Å². The van der Waals surface area contributed by atoms with Crippen LogP contribution in [0.4, 0.5) is 0 Å². The topological polar surface area (TPSA) is 21.3 Å². The predicted molar refractivity (Wildman–Crippen MR) is 81.7 cm³/mol. The van der Waals surface area contributed by atoms with E-state index in [9.17, 15) is 0 Å². The highest BCUT2D eigenvalue weighted by molar-refractivity contribution is 7.10. The Hall–Kier alpha value is -1.32. The van der Waals surface area contributed by atoms with E-state index < -0.39 is 0 Å². The number of benzene rings is 1. The van der Waals surface area contributed by atoms with E-state index in [0.717, 1.165) is 12.3 Å². The monoisotopic (exact) mass is 275 g/mol. The van der Waals surface area contributed by atoms with Crippen LogP contribution in [0.5, 0.6) is 5.75 Å². The van der Waals surface area contributed by atoms with Gasteiger partial charge in [0.25, 0.3) is 0 Å². The van der Waals surface area contributed by atoms with Gasteiger partial charge in [-0.05, 0) is 35.1 Å². The van der Waals surface area contributed by atoms with Gasteiger partial charge in [-0.25, -0.2) is 0 Å². The zero-order chi connectivity index (χ0) is 13.7. The van der Waals surface area contributed by atoms with E-state index in [4.69, 9.17) is 4.74 Å². The first-order chi connectivity index (χ1) is 9.20. The quantitative estimate of drug-likeness (QED) is 0.851. The molecule has 0 bridgehead atoms. The molecule has 0 aliphatic carbocycles. The maximum Gasteiger partial charge on any atom is 0.119 e. The molecule has 1 heterocycles. The minimum absolute atomic E-state index is 0.409. The number of rotatable bonds is 6. The van der Waals surface area contributed by atoms with Gasteiger partial charge in [0.1, 0.15) is 5.75 Å². The second kappa shape index (κ2) is 6.73. The highest BCUT2D eigenvalue weighted by Gasteiger charge is 2.15. The Bertz CT molecular complexity index is 493. The molecule has 2 aromatic rings. The molecule has 0 aliphatic rings. The average Bonchev–Trinajstić information content (AvgIpc) is 2.93. The van der Waals surface area contributed by atoms with Crippen LogP contribution in [0.3, 0.4) is 0 Å². The van der Waals surface area contributed by atoms with Crippen molar-refractivity contribution in [3.05, 3.63) is 52.2 Å². The number of hydrogen-bond acceptors (Lipinski definition) is 3. The Morgan fingerprint density at radius 3 is 2.68 bits per heavy atom. The standard InChI is InChI=1S/C16H21NOS/c1-12(2)16(15-8-5-9-19-15)17-11-13-6-4-7-14(10-13)18-3/h4-10,12,16-17H,11H2,1-3H3. The molecule has 0 aliphatic heterocycles. The lowest BCUT2D eigenvalue weighted by molar-refractivity contribution is 0.408. The molecule has 19 heavy (non-hydrogen) atoms. The zero-order valence-corrected chi connectivity index (χ0v) is 12.5. The maximum absolute atomic E-state index is 5.26. The Labute approximate surface area is 119 Å². The molecule has 3 heteroatoms. The van der Waals surface area contributed by atoms with Crippen LogP contribution in [-0.4, -0.2) is 7.11 Å². The molecule has 1 N–H and O–H groups in total. The van der Waals surface area contributed by atoms with Crippen molar-refractivity contribution in [3.63, 3.8) is 0 Å². The van der Waals surface area contributed by atoms with E-state index in [1.807, 2.05) is 23.5 Å². The van der Waals surface area contributed by atoms with Gasteiger partial charge in [-0.2, -0.15) is 0 Å². The fraction of sp³-hybridized carbons (Fsp3) is 0.375. The van der Waals surface area contributed by atoms with Crippen LogP contribution in [0, 0.1) is 5.92 Å².